The second-order valence-corrected chi connectivity index (χ2v) is 8.76. The quantitative estimate of drug-likeness (QED) is 0.730. The zero-order valence-electron chi connectivity index (χ0n) is 18.6. The summed E-state index contributed by atoms with van der Waals surface area (Å²) in [5.41, 5.74) is 3.02. The lowest BCUT2D eigenvalue weighted by Gasteiger charge is -2.26. The third kappa shape index (κ3) is 5.42. The molecule has 2 amide bonds. The fraction of sp³-hybridized carbons (Fsp3) is 0.375. The molecule has 0 aromatic heterocycles. The Morgan fingerprint density at radius 1 is 1.16 bits per heavy atom. The van der Waals surface area contributed by atoms with E-state index in [2.05, 4.69) is 10.6 Å². The van der Waals surface area contributed by atoms with Gasteiger partial charge in [0.15, 0.2) is 5.78 Å². The van der Waals surface area contributed by atoms with Crippen LogP contribution in [0.15, 0.2) is 42.5 Å². The Balaban J connectivity index is 1.91. The maximum absolute atomic E-state index is 13.4. The highest BCUT2D eigenvalue weighted by Crippen LogP contribution is 2.30. The van der Waals surface area contributed by atoms with Gasteiger partial charge in [-0.3, -0.25) is 9.59 Å². The van der Waals surface area contributed by atoms with E-state index in [9.17, 15) is 14.4 Å². The van der Waals surface area contributed by atoms with Crippen LogP contribution in [0.2, 0.25) is 0 Å². The molecule has 0 saturated heterocycles. The molecule has 0 fully saturated rings. The van der Waals surface area contributed by atoms with Crippen LogP contribution in [0.3, 0.4) is 0 Å². The van der Waals surface area contributed by atoms with Gasteiger partial charge in [-0.1, -0.05) is 30.3 Å². The third-order valence-corrected chi connectivity index (χ3v) is 4.94. The fourth-order valence-corrected chi connectivity index (χ4v) is 3.46. The summed E-state index contributed by atoms with van der Waals surface area (Å²) in [6.07, 6.45) is -0.681. The first-order valence-corrected chi connectivity index (χ1v) is 10.3. The van der Waals surface area contributed by atoms with Gasteiger partial charge in [-0.05, 0) is 57.9 Å². The number of alkyl carbamates (subject to hydrolysis) is 1. The minimum atomic E-state index is -0.882. The summed E-state index contributed by atoms with van der Waals surface area (Å²) in [4.78, 5) is 40.3. The normalized spacial score (nSPS) is 16.1. The van der Waals surface area contributed by atoms with E-state index < -0.39 is 17.7 Å². The van der Waals surface area contributed by atoms with E-state index >= 15 is 0 Å². The number of anilines is 2. The van der Waals surface area contributed by atoms with Crippen LogP contribution in [0.25, 0.3) is 0 Å². The number of carbonyl (C=O) groups excluding carboxylic acids is 3. The van der Waals surface area contributed by atoms with Gasteiger partial charge >= 0.3 is 6.09 Å². The van der Waals surface area contributed by atoms with E-state index in [-0.39, 0.29) is 24.8 Å². The molecule has 1 aliphatic heterocycles. The minimum absolute atomic E-state index is 0.131. The Kier molecular flexibility index (Phi) is 6.34. The van der Waals surface area contributed by atoms with Gasteiger partial charge in [0.2, 0.25) is 0 Å². The number of fused-ring (bicyclic) bond motifs is 1. The van der Waals surface area contributed by atoms with Gasteiger partial charge in [-0.25, -0.2) is 4.79 Å². The van der Waals surface area contributed by atoms with Gasteiger partial charge < -0.3 is 20.3 Å². The van der Waals surface area contributed by atoms with Crippen LogP contribution in [0.1, 0.15) is 42.3 Å². The van der Waals surface area contributed by atoms with Gasteiger partial charge in [-0.15, -0.1) is 0 Å². The molecule has 2 aromatic carbocycles. The van der Waals surface area contributed by atoms with Crippen molar-refractivity contribution in [3.8, 4) is 0 Å². The van der Waals surface area contributed by atoms with Gasteiger partial charge in [0.1, 0.15) is 11.6 Å². The van der Waals surface area contributed by atoms with Crippen molar-refractivity contribution in [2.75, 3.05) is 23.3 Å². The summed E-state index contributed by atoms with van der Waals surface area (Å²) in [6.45, 7) is 9.11. The average Bonchev–Trinajstić information content (AvgIpc) is 2.79. The minimum Gasteiger partial charge on any atom is -0.444 e. The lowest BCUT2D eigenvalue weighted by molar-refractivity contribution is -0.120. The molecule has 31 heavy (non-hydrogen) atoms. The van der Waals surface area contributed by atoms with Crippen molar-refractivity contribution in [3.05, 3.63) is 59.2 Å². The first-order chi connectivity index (χ1) is 14.5. The number of Topliss-reactive ketones (excluding diaryl/α,β-unsaturated/α-hetero) is 1. The Bertz CT molecular complexity index is 1010. The molecule has 2 aromatic rings. The number of hydrogen-bond donors (Lipinski definition) is 2. The maximum Gasteiger partial charge on any atom is 0.408 e. The van der Waals surface area contributed by atoms with Gasteiger partial charge in [0, 0.05) is 12.1 Å². The van der Waals surface area contributed by atoms with Crippen molar-refractivity contribution >= 4 is 29.2 Å². The number of amides is 2. The number of nitrogens with one attached hydrogen (secondary N) is 2. The largest absolute Gasteiger partial charge is 0.444 e. The van der Waals surface area contributed by atoms with Crippen molar-refractivity contribution in [1.29, 1.82) is 0 Å². The van der Waals surface area contributed by atoms with Crippen LogP contribution >= 0.6 is 0 Å². The molecular weight excluding hydrogens is 394 g/mol. The molecule has 1 aliphatic rings. The highest BCUT2D eigenvalue weighted by Gasteiger charge is 2.34. The number of benzene rings is 2. The highest BCUT2D eigenvalue weighted by atomic mass is 16.6. The highest BCUT2D eigenvalue weighted by molar-refractivity contribution is 6.10. The Morgan fingerprint density at radius 2 is 1.87 bits per heavy atom. The molecule has 7 heteroatoms. The topological polar surface area (TPSA) is 87.7 Å². The summed E-state index contributed by atoms with van der Waals surface area (Å²) in [5, 5.41) is 5.85. The lowest BCUT2D eigenvalue weighted by Crippen LogP contribution is -2.52. The molecule has 0 aliphatic carbocycles. The average molecular weight is 424 g/mol. The second kappa shape index (κ2) is 8.79. The molecule has 0 radical (unpaired) electrons. The molecule has 164 valence electrons. The Morgan fingerprint density at radius 3 is 2.55 bits per heavy atom. The van der Waals surface area contributed by atoms with E-state index in [1.54, 1.807) is 32.9 Å². The van der Waals surface area contributed by atoms with E-state index in [1.807, 2.05) is 44.2 Å². The monoisotopic (exact) mass is 423 g/mol. The SMILES string of the molecule is Cc1ccc2c(c1)N(CC(=O)c1ccccc1C)C(=O)C(NC(=O)OC(C)(C)C)CN2. The van der Waals surface area contributed by atoms with E-state index in [0.717, 1.165) is 16.8 Å². The number of carbonyl (C=O) groups is 3. The van der Waals surface area contributed by atoms with Crippen LogP contribution < -0.4 is 15.5 Å². The molecule has 3 rings (SSSR count). The van der Waals surface area contributed by atoms with Crippen molar-refractivity contribution in [2.24, 2.45) is 0 Å². The van der Waals surface area contributed by atoms with E-state index in [0.29, 0.717) is 11.3 Å². The number of ether oxygens (including phenoxy) is 1. The van der Waals surface area contributed by atoms with Crippen LogP contribution in [0.4, 0.5) is 16.2 Å². The van der Waals surface area contributed by atoms with Crippen molar-refractivity contribution in [2.45, 2.75) is 46.3 Å². The molecular formula is C24H29N3O4. The van der Waals surface area contributed by atoms with Crippen molar-refractivity contribution in [1.82, 2.24) is 5.32 Å². The molecule has 0 saturated carbocycles. The van der Waals surface area contributed by atoms with E-state index in [4.69, 9.17) is 4.74 Å². The van der Waals surface area contributed by atoms with Crippen molar-refractivity contribution in [3.63, 3.8) is 0 Å². The van der Waals surface area contributed by atoms with Crippen molar-refractivity contribution < 1.29 is 19.1 Å². The van der Waals surface area contributed by atoms with Crippen LogP contribution in [-0.4, -0.2) is 42.5 Å². The number of rotatable bonds is 4. The summed E-state index contributed by atoms with van der Waals surface area (Å²) < 4.78 is 5.31. The molecule has 2 N–H and O–H groups in total. The molecule has 1 atom stereocenters. The zero-order valence-corrected chi connectivity index (χ0v) is 18.6. The van der Waals surface area contributed by atoms with Gasteiger partial charge in [-0.2, -0.15) is 0 Å². The van der Waals surface area contributed by atoms with Crippen LogP contribution in [0.5, 0.6) is 0 Å². The maximum atomic E-state index is 13.4. The summed E-state index contributed by atoms with van der Waals surface area (Å²) in [6, 6.07) is 12.1. The van der Waals surface area contributed by atoms with Crippen LogP contribution in [0, 0.1) is 13.8 Å². The number of ketones is 1. The first kappa shape index (κ1) is 22.3. The summed E-state index contributed by atoms with van der Waals surface area (Å²) >= 11 is 0. The predicted molar refractivity (Wildman–Crippen MR) is 121 cm³/mol. The van der Waals surface area contributed by atoms with E-state index in [1.165, 1.54) is 4.90 Å². The standard InChI is InChI=1S/C24H29N3O4/c1-15-10-11-18-20(12-15)27(14-21(28)17-9-7-6-8-16(17)2)22(29)19(13-25-18)26-23(30)31-24(3,4)5/h6-12,19,25H,13-14H2,1-5H3,(H,26,30). The third-order valence-electron chi connectivity index (χ3n) is 4.94. The number of aryl methyl sites for hydroxylation is 2. The molecule has 1 unspecified atom stereocenters. The molecule has 0 spiro atoms. The Hall–Kier alpha value is -3.35. The lowest BCUT2D eigenvalue weighted by atomic mass is 10.0. The summed E-state index contributed by atoms with van der Waals surface area (Å²) in [7, 11) is 0. The molecule has 1 heterocycles. The predicted octanol–water partition coefficient (Wildman–Crippen LogP) is 3.84. The fourth-order valence-electron chi connectivity index (χ4n) is 3.46. The molecule has 0 bridgehead atoms. The Labute approximate surface area is 182 Å². The summed E-state index contributed by atoms with van der Waals surface area (Å²) in [5.74, 6) is -0.540. The van der Waals surface area contributed by atoms with Gasteiger partial charge in [0.05, 0.1) is 17.9 Å². The smallest absolute Gasteiger partial charge is 0.408 e. The second-order valence-electron chi connectivity index (χ2n) is 8.76. The number of nitrogens with zero attached hydrogens (tertiary/aromatic N) is 1. The zero-order chi connectivity index (χ0) is 22.8. The van der Waals surface area contributed by atoms with Gasteiger partial charge in [0.25, 0.3) is 5.91 Å². The number of hydrogen-bond acceptors (Lipinski definition) is 5. The molecule has 7 nitrogen and oxygen atoms in total. The van der Waals surface area contributed by atoms with Crippen LogP contribution in [-0.2, 0) is 9.53 Å². The first-order valence-electron chi connectivity index (χ1n) is 10.3.